The summed E-state index contributed by atoms with van der Waals surface area (Å²) < 4.78 is 14.0. The number of aliphatic hydroxyl groups excluding tert-OH is 1. The van der Waals surface area contributed by atoms with Crippen molar-refractivity contribution in [1.29, 1.82) is 0 Å². The van der Waals surface area contributed by atoms with Crippen LogP contribution in [0.15, 0.2) is 18.2 Å². The smallest absolute Gasteiger partial charge is 0.129 e. The molecule has 0 spiro atoms. The van der Waals surface area contributed by atoms with Crippen LogP contribution in [0.1, 0.15) is 31.7 Å². The molecule has 0 bridgehead atoms. The van der Waals surface area contributed by atoms with E-state index >= 15 is 0 Å². The maximum absolute atomic E-state index is 14.0. The zero-order chi connectivity index (χ0) is 13.7. The molecule has 0 saturated carbocycles. The van der Waals surface area contributed by atoms with Crippen molar-refractivity contribution >= 4 is 5.69 Å². The SMILES string of the molecule is CCCNCc1c(F)cccc1N1CCC(O)CC1. The molecular formula is C15H23FN2O. The quantitative estimate of drug-likeness (QED) is 0.803. The molecule has 1 aromatic carbocycles. The molecule has 0 amide bonds. The highest BCUT2D eigenvalue weighted by Gasteiger charge is 2.20. The van der Waals surface area contributed by atoms with Crippen LogP contribution in [0.3, 0.4) is 0 Å². The summed E-state index contributed by atoms with van der Waals surface area (Å²) >= 11 is 0. The van der Waals surface area contributed by atoms with Crippen LogP contribution in [-0.4, -0.2) is 30.8 Å². The molecule has 1 aliphatic heterocycles. The molecule has 1 aromatic rings. The maximum Gasteiger partial charge on any atom is 0.129 e. The minimum atomic E-state index is -0.202. The van der Waals surface area contributed by atoms with Crippen molar-refractivity contribution < 1.29 is 9.50 Å². The second-order valence-electron chi connectivity index (χ2n) is 5.13. The van der Waals surface area contributed by atoms with Crippen molar-refractivity contribution in [3.05, 3.63) is 29.6 Å². The highest BCUT2D eigenvalue weighted by atomic mass is 19.1. The number of benzene rings is 1. The van der Waals surface area contributed by atoms with Crippen LogP contribution >= 0.6 is 0 Å². The van der Waals surface area contributed by atoms with Gasteiger partial charge in [0.05, 0.1) is 6.10 Å². The second kappa shape index (κ2) is 6.87. The normalized spacial score (nSPS) is 16.9. The summed E-state index contributed by atoms with van der Waals surface area (Å²) in [6.07, 6.45) is 2.36. The van der Waals surface area contributed by atoms with Crippen LogP contribution in [0, 0.1) is 5.82 Å². The molecule has 3 nitrogen and oxygen atoms in total. The maximum atomic E-state index is 14.0. The lowest BCUT2D eigenvalue weighted by molar-refractivity contribution is 0.145. The fourth-order valence-electron chi connectivity index (χ4n) is 2.52. The summed E-state index contributed by atoms with van der Waals surface area (Å²) in [5.41, 5.74) is 1.71. The third-order valence-electron chi connectivity index (χ3n) is 3.63. The van der Waals surface area contributed by atoms with E-state index < -0.39 is 0 Å². The molecule has 1 fully saturated rings. The molecule has 2 N–H and O–H groups in total. The van der Waals surface area contributed by atoms with Crippen molar-refractivity contribution in [3.63, 3.8) is 0 Å². The molecule has 1 aliphatic rings. The number of hydrogen-bond acceptors (Lipinski definition) is 3. The van der Waals surface area contributed by atoms with Crippen molar-refractivity contribution in [2.24, 2.45) is 0 Å². The topological polar surface area (TPSA) is 35.5 Å². The fraction of sp³-hybridized carbons (Fsp3) is 0.600. The molecule has 0 unspecified atom stereocenters. The average molecular weight is 266 g/mol. The van der Waals surface area contributed by atoms with Gasteiger partial charge in [-0.3, -0.25) is 0 Å². The van der Waals surface area contributed by atoms with E-state index in [9.17, 15) is 9.50 Å². The Labute approximate surface area is 114 Å². The minimum Gasteiger partial charge on any atom is -0.393 e. The number of piperidine rings is 1. The lowest BCUT2D eigenvalue weighted by atomic mass is 10.0. The van der Waals surface area contributed by atoms with E-state index in [1.54, 1.807) is 6.07 Å². The van der Waals surface area contributed by atoms with Gasteiger partial charge in [0.2, 0.25) is 0 Å². The summed E-state index contributed by atoms with van der Waals surface area (Å²) in [7, 11) is 0. The monoisotopic (exact) mass is 266 g/mol. The van der Waals surface area contributed by atoms with Crippen LogP contribution < -0.4 is 10.2 Å². The van der Waals surface area contributed by atoms with Gasteiger partial charge >= 0.3 is 0 Å². The predicted octanol–water partition coefficient (Wildman–Crippen LogP) is 2.29. The molecule has 106 valence electrons. The predicted molar refractivity (Wildman–Crippen MR) is 75.9 cm³/mol. The second-order valence-corrected chi connectivity index (χ2v) is 5.13. The Morgan fingerprint density at radius 3 is 2.79 bits per heavy atom. The van der Waals surface area contributed by atoms with E-state index in [1.807, 2.05) is 6.07 Å². The number of halogens is 1. The van der Waals surface area contributed by atoms with Crippen molar-refractivity contribution in [2.75, 3.05) is 24.5 Å². The molecule has 4 heteroatoms. The Balaban J connectivity index is 2.12. The minimum absolute atomic E-state index is 0.146. The largest absolute Gasteiger partial charge is 0.393 e. The lowest BCUT2D eigenvalue weighted by Crippen LogP contribution is -2.36. The molecule has 1 saturated heterocycles. The number of hydrogen-bond donors (Lipinski definition) is 2. The lowest BCUT2D eigenvalue weighted by Gasteiger charge is -2.33. The molecule has 0 aromatic heterocycles. The molecule has 2 rings (SSSR count). The number of rotatable bonds is 5. The Hall–Kier alpha value is -1.13. The van der Waals surface area contributed by atoms with Gasteiger partial charge in [0.25, 0.3) is 0 Å². The standard InChI is InChI=1S/C15H23FN2O/c1-2-8-17-11-13-14(16)4-3-5-15(13)18-9-6-12(19)7-10-18/h3-5,12,17,19H,2,6-11H2,1H3. The first-order valence-electron chi connectivity index (χ1n) is 7.13. The van der Waals surface area contributed by atoms with Gasteiger partial charge in [-0.2, -0.15) is 0 Å². The van der Waals surface area contributed by atoms with Gasteiger partial charge in [-0.15, -0.1) is 0 Å². The summed E-state index contributed by atoms with van der Waals surface area (Å²) in [5.74, 6) is -0.146. The highest BCUT2D eigenvalue weighted by molar-refractivity contribution is 5.54. The van der Waals surface area contributed by atoms with Crippen LogP contribution in [0.2, 0.25) is 0 Å². The number of anilines is 1. The summed E-state index contributed by atoms with van der Waals surface area (Å²) in [6, 6.07) is 5.26. The van der Waals surface area contributed by atoms with Gasteiger partial charge in [0.15, 0.2) is 0 Å². The Kier molecular flexibility index (Phi) is 5.16. The summed E-state index contributed by atoms with van der Waals surface area (Å²) in [4.78, 5) is 2.18. The van der Waals surface area contributed by atoms with Crippen molar-refractivity contribution in [2.45, 2.75) is 38.8 Å². The molecule has 0 atom stereocenters. The Morgan fingerprint density at radius 2 is 2.11 bits per heavy atom. The first-order chi connectivity index (χ1) is 9.22. The van der Waals surface area contributed by atoms with Crippen LogP contribution in [0.4, 0.5) is 10.1 Å². The molecule has 19 heavy (non-hydrogen) atoms. The Bertz CT molecular complexity index is 403. The van der Waals surface area contributed by atoms with E-state index in [0.29, 0.717) is 6.54 Å². The van der Waals surface area contributed by atoms with Crippen LogP contribution in [0.5, 0.6) is 0 Å². The Morgan fingerprint density at radius 1 is 1.37 bits per heavy atom. The summed E-state index contributed by atoms with van der Waals surface area (Å²) in [6.45, 7) is 5.15. The third-order valence-corrected chi connectivity index (χ3v) is 3.63. The van der Waals surface area contributed by atoms with Crippen LogP contribution in [-0.2, 0) is 6.54 Å². The molecule has 0 radical (unpaired) electrons. The van der Waals surface area contributed by atoms with Crippen molar-refractivity contribution in [3.8, 4) is 0 Å². The van der Waals surface area contributed by atoms with Crippen LogP contribution in [0.25, 0.3) is 0 Å². The van der Waals surface area contributed by atoms with Gasteiger partial charge < -0.3 is 15.3 Å². The van der Waals surface area contributed by atoms with E-state index in [-0.39, 0.29) is 11.9 Å². The summed E-state index contributed by atoms with van der Waals surface area (Å²) in [5, 5.41) is 12.8. The zero-order valence-electron chi connectivity index (χ0n) is 11.5. The third kappa shape index (κ3) is 3.67. The fourth-order valence-corrected chi connectivity index (χ4v) is 2.52. The molecule has 1 heterocycles. The van der Waals surface area contributed by atoms with E-state index in [4.69, 9.17) is 0 Å². The molecule has 0 aliphatic carbocycles. The van der Waals surface area contributed by atoms with E-state index in [2.05, 4.69) is 17.1 Å². The highest BCUT2D eigenvalue weighted by Crippen LogP contribution is 2.26. The van der Waals surface area contributed by atoms with Gasteiger partial charge in [-0.05, 0) is 37.9 Å². The first kappa shape index (κ1) is 14.3. The van der Waals surface area contributed by atoms with Crippen molar-refractivity contribution in [1.82, 2.24) is 5.32 Å². The number of aliphatic hydroxyl groups is 1. The number of nitrogens with one attached hydrogen (secondary N) is 1. The number of nitrogens with zero attached hydrogens (tertiary/aromatic N) is 1. The molecular weight excluding hydrogens is 243 g/mol. The van der Waals surface area contributed by atoms with Gasteiger partial charge in [-0.1, -0.05) is 13.0 Å². The van der Waals surface area contributed by atoms with E-state index in [0.717, 1.165) is 50.1 Å². The first-order valence-corrected chi connectivity index (χ1v) is 7.13. The zero-order valence-corrected chi connectivity index (χ0v) is 11.5. The van der Waals surface area contributed by atoms with Gasteiger partial charge in [0.1, 0.15) is 5.82 Å². The van der Waals surface area contributed by atoms with Gasteiger partial charge in [0, 0.05) is 30.9 Å². The van der Waals surface area contributed by atoms with E-state index in [1.165, 1.54) is 6.07 Å². The average Bonchev–Trinajstić information content (AvgIpc) is 2.42. The van der Waals surface area contributed by atoms with Gasteiger partial charge in [-0.25, -0.2) is 4.39 Å².